The molecule has 0 aromatic heterocycles. The van der Waals surface area contributed by atoms with Crippen LogP contribution >= 0.6 is 0 Å². The highest BCUT2D eigenvalue weighted by molar-refractivity contribution is 5.98. The molecule has 0 aliphatic rings. The average Bonchev–Trinajstić information content (AvgIpc) is 3.08. The maximum absolute atomic E-state index is 12.9. The molecule has 0 heterocycles. The van der Waals surface area contributed by atoms with Crippen LogP contribution in [0.4, 0.5) is 5.69 Å². The van der Waals surface area contributed by atoms with E-state index in [1.807, 2.05) is 0 Å². The van der Waals surface area contributed by atoms with Gasteiger partial charge in [-0.25, -0.2) is 4.79 Å². The molecule has 9 nitrogen and oxygen atoms in total. The number of nitrogens with one attached hydrogen (secondary N) is 2. The fourth-order valence-electron chi connectivity index (χ4n) is 4.96. The first-order valence-corrected chi connectivity index (χ1v) is 16.2. The molecule has 48 heavy (non-hydrogen) atoms. The minimum atomic E-state index is -0.777. The number of benzene rings is 4. The van der Waals surface area contributed by atoms with Gasteiger partial charge < -0.3 is 25.2 Å². The van der Waals surface area contributed by atoms with Crippen molar-refractivity contribution in [2.75, 3.05) is 11.9 Å². The van der Waals surface area contributed by atoms with Gasteiger partial charge in [0, 0.05) is 16.8 Å². The number of phenols is 1. The van der Waals surface area contributed by atoms with E-state index in [1.54, 1.807) is 91.0 Å². The lowest BCUT2D eigenvalue weighted by Crippen LogP contribution is -2.41. The van der Waals surface area contributed by atoms with Crippen LogP contribution in [0.1, 0.15) is 77.8 Å². The lowest BCUT2D eigenvalue weighted by Gasteiger charge is -2.17. The second-order valence-electron chi connectivity index (χ2n) is 11.6. The Kier molecular flexibility index (Phi) is 13.3. The Balaban J connectivity index is 1.25. The zero-order valence-corrected chi connectivity index (χ0v) is 27.4. The molecule has 0 fully saturated rings. The van der Waals surface area contributed by atoms with Crippen LogP contribution in [-0.2, 0) is 22.4 Å². The van der Waals surface area contributed by atoms with Crippen molar-refractivity contribution >= 4 is 29.3 Å². The quantitative estimate of drug-likeness (QED) is 0.0633. The van der Waals surface area contributed by atoms with E-state index in [0.29, 0.717) is 40.5 Å². The normalized spacial score (nSPS) is 11.3. The number of phenolic OH excluding ortho intramolecular Hbond substituents is 1. The molecule has 0 spiro atoms. The van der Waals surface area contributed by atoms with E-state index >= 15 is 0 Å². The second kappa shape index (κ2) is 18.0. The second-order valence-corrected chi connectivity index (χ2v) is 11.6. The minimum absolute atomic E-state index is 0.00163. The van der Waals surface area contributed by atoms with Gasteiger partial charge in [-0.05, 0) is 92.1 Å². The Labute approximate surface area is 281 Å². The Bertz CT molecular complexity index is 1670. The Morgan fingerprint density at radius 3 is 2.06 bits per heavy atom. The van der Waals surface area contributed by atoms with Crippen LogP contribution in [0.15, 0.2) is 97.1 Å². The number of aromatic hydroxyl groups is 1. The summed E-state index contributed by atoms with van der Waals surface area (Å²) in [7, 11) is 0. The first-order valence-electron chi connectivity index (χ1n) is 16.2. The number of hydrogen-bond acceptors (Lipinski definition) is 7. The molecule has 3 N–H and O–H groups in total. The first-order chi connectivity index (χ1) is 23.2. The van der Waals surface area contributed by atoms with Crippen LogP contribution in [0.2, 0.25) is 0 Å². The van der Waals surface area contributed by atoms with Crippen molar-refractivity contribution in [2.24, 2.45) is 0 Å². The monoisotopic (exact) mass is 650 g/mol. The molecule has 4 rings (SSSR count). The van der Waals surface area contributed by atoms with Crippen LogP contribution in [0.25, 0.3) is 0 Å². The lowest BCUT2D eigenvalue weighted by molar-refractivity contribution is -0.119. The third kappa shape index (κ3) is 11.1. The van der Waals surface area contributed by atoms with Crippen LogP contribution < -0.4 is 20.1 Å². The summed E-state index contributed by atoms with van der Waals surface area (Å²) >= 11 is 0. The van der Waals surface area contributed by atoms with Gasteiger partial charge in [-0.1, -0.05) is 62.9 Å². The van der Waals surface area contributed by atoms with Crippen LogP contribution in [0, 0.1) is 0 Å². The largest absolute Gasteiger partial charge is 0.508 e. The Morgan fingerprint density at radius 2 is 1.40 bits per heavy atom. The number of unbranched alkanes of at least 4 members (excludes halogenated alkanes) is 4. The number of Topliss-reactive ketones (excluding diaryl/α,β-unsaturated/α-hetero) is 1. The smallest absolute Gasteiger partial charge is 0.343 e. The highest BCUT2D eigenvalue weighted by Crippen LogP contribution is 2.20. The first kappa shape index (κ1) is 35.4. The number of ether oxygens (including phenoxy) is 2. The van der Waals surface area contributed by atoms with Gasteiger partial charge in [-0.15, -0.1) is 0 Å². The zero-order chi connectivity index (χ0) is 34.3. The number of carbonyl (C=O) groups excluding carboxylic acids is 4. The molecule has 9 heteroatoms. The number of hydrogen-bond donors (Lipinski definition) is 3. The van der Waals surface area contributed by atoms with Gasteiger partial charge in [-0.3, -0.25) is 14.4 Å². The number of anilines is 1. The molecular formula is C39H42N2O7. The van der Waals surface area contributed by atoms with Gasteiger partial charge >= 0.3 is 5.97 Å². The number of rotatable bonds is 17. The van der Waals surface area contributed by atoms with E-state index in [-0.39, 0.29) is 30.3 Å². The summed E-state index contributed by atoms with van der Waals surface area (Å²) in [5.41, 5.74) is 2.49. The van der Waals surface area contributed by atoms with Gasteiger partial charge in [0.25, 0.3) is 5.91 Å². The predicted molar refractivity (Wildman–Crippen MR) is 185 cm³/mol. The predicted octanol–water partition coefficient (Wildman–Crippen LogP) is 7.07. The van der Waals surface area contributed by atoms with Crippen molar-refractivity contribution in [3.8, 4) is 17.2 Å². The van der Waals surface area contributed by atoms with Gasteiger partial charge in [-0.2, -0.15) is 0 Å². The molecule has 0 unspecified atom stereocenters. The summed E-state index contributed by atoms with van der Waals surface area (Å²) in [4.78, 5) is 50.4. The van der Waals surface area contributed by atoms with Crippen molar-refractivity contribution in [1.29, 1.82) is 0 Å². The molecule has 4 aromatic rings. The molecule has 0 aliphatic carbocycles. The van der Waals surface area contributed by atoms with E-state index < -0.39 is 17.9 Å². The van der Waals surface area contributed by atoms with Gasteiger partial charge in [0.2, 0.25) is 5.91 Å². The Morgan fingerprint density at radius 1 is 0.750 bits per heavy atom. The van der Waals surface area contributed by atoms with Crippen molar-refractivity contribution in [3.63, 3.8) is 0 Å². The third-order valence-electron chi connectivity index (χ3n) is 7.75. The van der Waals surface area contributed by atoms with Crippen LogP contribution in [-0.4, -0.2) is 41.3 Å². The Hall–Kier alpha value is -5.44. The summed E-state index contributed by atoms with van der Waals surface area (Å²) < 4.78 is 11.3. The highest BCUT2D eigenvalue weighted by Gasteiger charge is 2.19. The van der Waals surface area contributed by atoms with Gasteiger partial charge in [0.15, 0.2) is 5.78 Å². The third-order valence-corrected chi connectivity index (χ3v) is 7.75. The summed E-state index contributed by atoms with van der Waals surface area (Å²) in [6.07, 6.45) is 6.05. The summed E-state index contributed by atoms with van der Waals surface area (Å²) in [6, 6.07) is 25.8. The molecule has 0 radical (unpaired) electrons. The summed E-state index contributed by atoms with van der Waals surface area (Å²) in [5, 5.41) is 15.4. The lowest BCUT2D eigenvalue weighted by atomic mass is 10.0. The van der Waals surface area contributed by atoms with E-state index in [1.165, 1.54) is 32.3 Å². The molecule has 0 saturated heterocycles. The zero-order valence-electron chi connectivity index (χ0n) is 27.4. The molecule has 0 bridgehead atoms. The molecule has 250 valence electrons. The number of para-hydroxylation sites is 1. The van der Waals surface area contributed by atoms with Crippen LogP contribution in [0.5, 0.6) is 17.2 Å². The summed E-state index contributed by atoms with van der Waals surface area (Å²) in [6.45, 7) is 4.24. The minimum Gasteiger partial charge on any atom is -0.508 e. The molecule has 2 amide bonds. The fourth-order valence-corrected chi connectivity index (χ4v) is 4.96. The van der Waals surface area contributed by atoms with E-state index in [9.17, 15) is 24.3 Å². The van der Waals surface area contributed by atoms with E-state index in [2.05, 4.69) is 17.6 Å². The molecule has 4 aromatic carbocycles. The number of esters is 1. The maximum Gasteiger partial charge on any atom is 0.343 e. The fraction of sp³-hybridized carbons (Fsp3) is 0.282. The van der Waals surface area contributed by atoms with Crippen molar-refractivity contribution in [1.82, 2.24) is 5.32 Å². The summed E-state index contributed by atoms with van der Waals surface area (Å²) in [5.74, 6) is -0.344. The topological polar surface area (TPSA) is 131 Å². The van der Waals surface area contributed by atoms with Gasteiger partial charge in [0.1, 0.15) is 17.2 Å². The molecule has 0 saturated carbocycles. The maximum atomic E-state index is 12.9. The average molecular weight is 651 g/mol. The van der Waals surface area contributed by atoms with Crippen molar-refractivity contribution < 1.29 is 33.8 Å². The number of carbonyl (C=O) groups is 4. The highest BCUT2D eigenvalue weighted by atomic mass is 16.5. The van der Waals surface area contributed by atoms with Gasteiger partial charge in [0.05, 0.1) is 24.6 Å². The van der Waals surface area contributed by atoms with Crippen LogP contribution in [0.3, 0.4) is 0 Å². The van der Waals surface area contributed by atoms with Crippen molar-refractivity contribution in [2.45, 2.75) is 64.8 Å². The van der Waals surface area contributed by atoms with E-state index in [0.717, 1.165) is 18.4 Å². The van der Waals surface area contributed by atoms with Crippen molar-refractivity contribution in [3.05, 3.63) is 119 Å². The molecular weight excluding hydrogens is 608 g/mol. The SMILES string of the molecule is CCCCCCCOc1ccc(C(=O)Oc2ccc(C[C@H](NC(=O)c3ccc(NC(=O)Cc4ccccc4O)cc3)C(C)=O)cc2)cc1. The van der Waals surface area contributed by atoms with E-state index in [4.69, 9.17) is 9.47 Å². The molecule has 0 aliphatic heterocycles. The number of amides is 2. The number of ketones is 1. The molecule has 1 atom stereocenters. The standard InChI is InChI=1S/C39H42N2O7/c1-3-4-5-6-9-24-47-33-22-16-30(17-23-33)39(46)48-34-20-12-28(13-21-34)25-35(27(2)42)41-38(45)29-14-18-32(19-15-29)40-37(44)26-31-10-7-8-11-36(31)43/h7-8,10-23,35,43H,3-6,9,24-26H2,1-2H3,(H,40,44)(H,41,45)/t35-/m0/s1.